The van der Waals surface area contributed by atoms with Gasteiger partial charge in [0.25, 0.3) is 10.1 Å². The number of hydrogen-bond acceptors (Lipinski definition) is 17. The molecule has 11 rings (SSSR count). The molecular formula is C76H128O17S. The van der Waals surface area contributed by atoms with Gasteiger partial charge >= 0.3 is 41.8 Å². The molecule has 8 bridgehead atoms. The van der Waals surface area contributed by atoms with E-state index in [4.69, 9.17) is 37.3 Å². The average Bonchev–Trinajstić information content (AvgIpc) is 1.09. The highest BCUT2D eigenvalue weighted by Gasteiger charge is 2.66. The molecule has 2 aliphatic heterocycles. The number of carbonyl (C=O) groups excluding carboxylic acids is 7. The van der Waals surface area contributed by atoms with Gasteiger partial charge in [0, 0.05) is 23.7 Å². The predicted molar refractivity (Wildman–Crippen MR) is 362 cm³/mol. The molecule has 0 N–H and O–H groups in total. The van der Waals surface area contributed by atoms with Gasteiger partial charge in [0.1, 0.15) is 35.6 Å². The van der Waals surface area contributed by atoms with E-state index in [1.165, 1.54) is 77.0 Å². The van der Waals surface area contributed by atoms with Crippen LogP contribution in [-0.4, -0.2) is 104 Å². The van der Waals surface area contributed by atoms with Crippen LogP contribution >= 0.6 is 0 Å². The van der Waals surface area contributed by atoms with Crippen molar-refractivity contribution in [3.63, 3.8) is 0 Å². The minimum Gasteiger partial charge on any atom is -0.465 e. The van der Waals surface area contributed by atoms with Crippen LogP contribution in [0.1, 0.15) is 293 Å². The zero-order valence-corrected chi connectivity index (χ0v) is 62.8. The number of esters is 7. The van der Waals surface area contributed by atoms with Crippen LogP contribution < -0.4 is 0 Å². The first kappa shape index (κ1) is 79.2. The lowest BCUT2D eigenvalue weighted by molar-refractivity contribution is -0.231. The monoisotopic (exact) mass is 1340 g/mol. The molecule has 0 radical (unpaired) electrons. The van der Waals surface area contributed by atoms with Gasteiger partial charge in [0.15, 0.2) is 6.61 Å². The van der Waals surface area contributed by atoms with E-state index in [1.54, 1.807) is 13.8 Å². The van der Waals surface area contributed by atoms with Gasteiger partial charge in [-0.05, 0) is 227 Å². The van der Waals surface area contributed by atoms with E-state index in [0.29, 0.717) is 61.4 Å². The zero-order valence-electron chi connectivity index (χ0n) is 62.0. The van der Waals surface area contributed by atoms with E-state index < -0.39 is 57.0 Å². The fourth-order valence-electron chi connectivity index (χ4n) is 16.4. The van der Waals surface area contributed by atoms with Crippen LogP contribution in [0.4, 0.5) is 0 Å². The maximum Gasteiger partial charge on any atom is 0.344 e. The molecule has 94 heavy (non-hydrogen) atoms. The van der Waals surface area contributed by atoms with Crippen LogP contribution in [0.25, 0.3) is 0 Å². The Morgan fingerprint density at radius 3 is 1.48 bits per heavy atom. The number of ether oxygens (including phenoxy) is 7. The summed E-state index contributed by atoms with van der Waals surface area (Å²) in [6, 6.07) is 0. The Labute approximate surface area is 567 Å². The lowest BCUT2D eigenvalue weighted by Gasteiger charge is -2.62. The van der Waals surface area contributed by atoms with Crippen LogP contribution in [-0.2, 0) is 81.0 Å². The molecule has 540 valence electrons. The lowest BCUT2D eigenvalue weighted by Crippen LogP contribution is -2.63. The van der Waals surface area contributed by atoms with Crippen LogP contribution in [0, 0.1) is 92.2 Å². The van der Waals surface area contributed by atoms with Gasteiger partial charge in [-0.25, -0.2) is 4.79 Å². The van der Waals surface area contributed by atoms with Crippen molar-refractivity contribution in [2.45, 2.75) is 333 Å². The molecule has 2 saturated heterocycles. The second-order valence-electron chi connectivity index (χ2n) is 33.9. The molecular weight excluding hydrogens is 1220 g/mol. The standard InChI is InChI=1S/C19H32O2.C15H22O7S.C14H20O4.C14H26O2.C14H28O2/c1-6-18(4,5)17(20)21-19(12(2)3)15-8-13-7-14(10-15)11-16(19)9-13;1-4-15(2,3)14(17)20-7-11(16)21-12-8-5-9-10(6-8)23(18,19)22-13(9)12;1-4-14(2,3)13(16)18-10-7-5-8-9(6-7)12(15)17-11(8)10;1-6-13(4,5)12(15)16-14(11(2)3)9-7-8-10-14;1-5-7-8-9-10-11-12-16-13(15)14(3,4)6-2/h12-16H,6-11H2,1-5H3;8-10,12-13H,4-7H2,1-3H3;7-11H,4-6H2,1-3H3;11H,6-10H2,1-5H3;5-12H2,1-4H3. The van der Waals surface area contributed by atoms with Gasteiger partial charge in [-0.15, -0.1) is 0 Å². The van der Waals surface area contributed by atoms with E-state index in [2.05, 4.69) is 41.5 Å². The van der Waals surface area contributed by atoms with Gasteiger partial charge in [-0.1, -0.05) is 101 Å². The molecule has 18 heteroatoms. The fourth-order valence-corrected chi connectivity index (χ4v) is 18.3. The van der Waals surface area contributed by atoms with Gasteiger partial charge in [-0.2, -0.15) is 8.42 Å². The fraction of sp³-hybridized carbons (Fsp3) is 0.908. The van der Waals surface area contributed by atoms with Crippen LogP contribution in [0.5, 0.6) is 0 Å². The zero-order chi connectivity index (χ0) is 70.3. The molecule has 0 amide bonds. The molecule has 2 heterocycles. The van der Waals surface area contributed by atoms with E-state index in [1.807, 2.05) is 83.1 Å². The summed E-state index contributed by atoms with van der Waals surface area (Å²) in [6.07, 6.45) is 23.8. The normalized spacial score (nSPS) is 31.6. The van der Waals surface area contributed by atoms with Crippen LogP contribution in [0.2, 0.25) is 0 Å². The molecule has 0 aromatic heterocycles. The minimum absolute atomic E-state index is 0.0130. The predicted octanol–water partition coefficient (Wildman–Crippen LogP) is 16.0. The first-order valence-electron chi connectivity index (χ1n) is 37.1. The Morgan fingerprint density at radius 2 is 0.968 bits per heavy atom. The molecule has 0 spiro atoms. The Morgan fingerprint density at radius 1 is 0.511 bits per heavy atom. The molecule has 10 unspecified atom stereocenters. The first-order valence-corrected chi connectivity index (χ1v) is 38.6. The number of fused-ring (bicyclic) bond motifs is 2. The second-order valence-corrected chi connectivity index (χ2v) is 35.7. The van der Waals surface area contributed by atoms with E-state index in [9.17, 15) is 42.0 Å². The summed E-state index contributed by atoms with van der Waals surface area (Å²) in [5.41, 5.74) is -2.46. The van der Waals surface area contributed by atoms with E-state index in [0.717, 1.165) is 69.6 Å². The topological polar surface area (TPSA) is 227 Å². The maximum atomic E-state index is 12.8. The van der Waals surface area contributed by atoms with E-state index >= 15 is 0 Å². The number of unbranched alkanes of at least 4 members (excludes halogenated alkanes) is 5. The highest BCUT2D eigenvalue weighted by Crippen LogP contribution is 2.63. The molecule has 9 saturated carbocycles. The molecule has 9 aliphatic carbocycles. The number of rotatable bonds is 25. The van der Waals surface area contributed by atoms with Crippen molar-refractivity contribution in [1.29, 1.82) is 0 Å². The second kappa shape index (κ2) is 32.0. The maximum absolute atomic E-state index is 12.8. The van der Waals surface area contributed by atoms with Crippen LogP contribution in [0.3, 0.4) is 0 Å². The van der Waals surface area contributed by atoms with Crippen molar-refractivity contribution >= 4 is 51.9 Å². The Kier molecular flexibility index (Phi) is 27.0. The number of carbonyl (C=O) groups is 7. The third kappa shape index (κ3) is 18.0. The summed E-state index contributed by atoms with van der Waals surface area (Å²) >= 11 is 0. The molecule has 0 aromatic rings. The van der Waals surface area contributed by atoms with Crippen molar-refractivity contribution < 1.29 is 79.3 Å². The smallest absolute Gasteiger partial charge is 0.344 e. The quantitative estimate of drug-likeness (QED) is 0.0358. The minimum atomic E-state index is -3.53. The Hall–Kier alpha value is -3.80. The highest BCUT2D eigenvalue weighted by molar-refractivity contribution is 7.87. The summed E-state index contributed by atoms with van der Waals surface area (Å²) in [4.78, 5) is 84.0. The van der Waals surface area contributed by atoms with Crippen molar-refractivity contribution in [2.75, 3.05) is 13.2 Å². The summed E-state index contributed by atoms with van der Waals surface area (Å²) in [6.45, 7) is 40.4. The molecule has 11 fully saturated rings. The highest BCUT2D eigenvalue weighted by atomic mass is 32.2. The molecule has 10 atom stereocenters. The van der Waals surface area contributed by atoms with Crippen molar-refractivity contribution in [3.05, 3.63) is 0 Å². The summed E-state index contributed by atoms with van der Waals surface area (Å²) < 4.78 is 67.7. The van der Waals surface area contributed by atoms with Gasteiger partial charge in [0.2, 0.25) is 0 Å². The average molecular weight is 1350 g/mol. The molecule has 17 nitrogen and oxygen atoms in total. The van der Waals surface area contributed by atoms with Crippen molar-refractivity contribution in [2.24, 2.45) is 92.2 Å². The van der Waals surface area contributed by atoms with E-state index in [-0.39, 0.29) is 87.3 Å². The van der Waals surface area contributed by atoms with Crippen molar-refractivity contribution in [3.8, 4) is 0 Å². The summed E-state index contributed by atoms with van der Waals surface area (Å²) in [5.74, 6) is 3.15. The van der Waals surface area contributed by atoms with Crippen molar-refractivity contribution in [1.82, 2.24) is 0 Å². The van der Waals surface area contributed by atoms with Gasteiger partial charge in [0.05, 0.1) is 44.8 Å². The third-order valence-corrected chi connectivity index (χ3v) is 26.7. The summed E-state index contributed by atoms with van der Waals surface area (Å²) in [5, 5.41) is -0.448. The lowest BCUT2D eigenvalue weighted by atomic mass is 9.47. The Balaban J connectivity index is 0.000000188. The van der Waals surface area contributed by atoms with Gasteiger partial charge < -0.3 is 33.2 Å². The third-order valence-electron chi connectivity index (χ3n) is 25.0. The molecule has 0 aromatic carbocycles. The summed E-state index contributed by atoms with van der Waals surface area (Å²) in [7, 11) is -3.53. The van der Waals surface area contributed by atoms with Crippen LogP contribution in [0.15, 0.2) is 0 Å². The largest absolute Gasteiger partial charge is 0.465 e. The SMILES string of the molecule is CCC(C)(C)C(=O)OC1(C(C)C)C2CC3CC(C2)CC1C3.CCC(C)(C)C(=O)OC1(C(C)C)CCCC1.CCC(C)(C)C(=O)OC1C2CC3C(=O)OC1C3C2.CCC(C)(C)C(=O)OCC(=O)OC1C2CC3C1OS(=O)(=O)C3C2.CCCCCCCCOC(=O)C(C)(C)CC. The molecule has 11 aliphatic rings. The van der Waals surface area contributed by atoms with Gasteiger partial charge in [-0.3, -0.25) is 33.0 Å². The Bertz CT molecular complexity index is 2670. The first-order chi connectivity index (χ1) is 43.8. The number of hydrogen-bond donors (Lipinski definition) is 0.